The summed E-state index contributed by atoms with van der Waals surface area (Å²) in [6.45, 7) is 9.81. The third-order valence-electron chi connectivity index (χ3n) is 6.06. The summed E-state index contributed by atoms with van der Waals surface area (Å²) < 4.78 is 17.0. The molecule has 1 aromatic heterocycles. The molecule has 7 nitrogen and oxygen atoms in total. The Morgan fingerprint density at radius 2 is 2.03 bits per heavy atom. The van der Waals surface area contributed by atoms with Crippen molar-refractivity contribution in [1.29, 1.82) is 0 Å². The zero-order chi connectivity index (χ0) is 22.6. The van der Waals surface area contributed by atoms with Gasteiger partial charge in [0.25, 0.3) is 0 Å². The second-order valence-corrected chi connectivity index (χ2v) is 9.49. The lowest BCUT2D eigenvalue weighted by Crippen LogP contribution is -2.31. The third kappa shape index (κ3) is 3.62. The van der Waals surface area contributed by atoms with Crippen LogP contribution in [0.15, 0.2) is 36.4 Å². The number of ether oxygens (including phenoxy) is 3. The van der Waals surface area contributed by atoms with Crippen molar-refractivity contribution in [2.24, 2.45) is 11.3 Å². The van der Waals surface area contributed by atoms with Crippen LogP contribution in [0.1, 0.15) is 49.7 Å². The number of fused-ring (bicyclic) bond motifs is 2. The van der Waals surface area contributed by atoms with Crippen molar-refractivity contribution in [2.75, 3.05) is 13.7 Å². The Hall–Kier alpha value is -3.09. The van der Waals surface area contributed by atoms with Gasteiger partial charge in [0, 0.05) is 11.3 Å². The first-order valence-electron chi connectivity index (χ1n) is 10.3. The molecule has 1 aliphatic carbocycles. The molecule has 1 aromatic carbocycles. The highest BCUT2D eigenvalue weighted by atomic mass is 16.6. The smallest absolute Gasteiger partial charge is 0.419 e. The van der Waals surface area contributed by atoms with Crippen molar-refractivity contribution in [1.82, 2.24) is 4.57 Å². The molecule has 164 valence electrons. The largest absolute Gasteiger partial charge is 0.465 e. The van der Waals surface area contributed by atoms with E-state index in [0.29, 0.717) is 30.4 Å². The minimum absolute atomic E-state index is 0.0921. The van der Waals surface area contributed by atoms with Crippen molar-refractivity contribution in [3.63, 3.8) is 0 Å². The van der Waals surface area contributed by atoms with Crippen LogP contribution in [0.5, 0.6) is 0 Å². The fourth-order valence-corrected chi connectivity index (χ4v) is 4.76. The van der Waals surface area contributed by atoms with Gasteiger partial charge in [-0.3, -0.25) is 4.79 Å². The monoisotopic (exact) mass is 425 g/mol. The number of esters is 2. The molecule has 1 aliphatic heterocycles. The van der Waals surface area contributed by atoms with Crippen molar-refractivity contribution >= 4 is 28.9 Å². The van der Waals surface area contributed by atoms with E-state index in [9.17, 15) is 14.4 Å². The first-order chi connectivity index (χ1) is 14.5. The number of methoxy groups -OCH3 is 1. The number of aromatic nitrogens is 1. The lowest BCUT2D eigenvalue weighted by molar-refractivity contribution is -0.146. The van der Waals surface area contributed by atoms with E-state index < -0.39 is 23.1 Å². The second kappa shape index (κ2) is 7.25. The van der Waals surface area contributed by atoms with Crippen LogP contribution in [-0.4, -0.2) is 41.9 Å². The predicted molar refractivity (Wildman–Crippen MR) is 114 cm³/mol. The van der Waals surface area contributed by atoms with Crippen LogP contribution in [0.2, 0.25) is 0 Å². The second-order valence-electron chi connectivity index (χ2n) is 9.49. The lowest BCUT2D eigenvalue weighted by atomic mass is 9.75. The number of nitrogens with zero attached hydrogens (tertiary/aromatic N) is 1. The average molecular weight is 425 g/mol. The molecular formula is C24H27NO6. The summed E-state index contributed by atoms with van der Waals surface area (Å²) in [7, 11) is 1.27. The van der Waals surface area contributed by atoms with E-state index in [1.54, 1.807) is 32.9 Å². The number of carbonyl (C=O) groups is 3. The van der Waals surface area contributed by atoms with Crippen molar-refractivity contribution < 1.29 is 28.6 Å². The predicted octanol–water partition coefficient (Wildman–Crippen LogP) is 4.26. The molecule has 1 saturated carbocycles. The molecule has 1 saturated heterocycles. The molecule has 2 heterocycles. The van der Waals surface area contributed by atoms with E-state index in [4.69, 9.17) is 14.2 Å². The molecule has 0 amide bonds. The minimum atomic E-state index is -0.719. The fourth-order valence-electron chi connectivity index (χ4n) is 4.76. The van der Waals surface area contributed by atoms with Crippen molar-refractivity contribution in [2.45, 2.75) is 45.6 Å². The zero-order valence-corrected chi connectivity index (χ0v) is 18.3. The number of benzene rings is 1. The molecule has 0 radical (unpaired) electrons. The molecule has 2 unspecified atom stereocenters. The molecule has 0 spiro atoms. The van der Waals surface area contributed by atoms with Crippen LogP contribution in [0.25, 0.3) is 10.9 Å². The Balaban J connectivity index is 1.75. The lowest BCUT2D eigenvalue weighted by Gasteiger charge is -2.24. The van der Waals surface area contributed by atoms with Gasteiger partial charge in [-0.15, -0.1) is 0 Å². The Kier molecular flexibility index (Phi) is 4.95. The molecule has 0 N–H and O–H groups in total. The van der Waals surface area contributed by atoms with Gasteiger partial charge in [0.1, 0.15) is 11.3 Å². The topological polar surface area (TPSA) is 83.8 Å². The van der Waals surface area contributed by atoms with Gasteiger partial charge in [-0.1, -0.05) is 18.2 Å². The Morgan fingerprint density at radius 1 is 1.29 bits per heavy atom. The molecule has 2 atom stereocenters. The van der Waals surface area contributed by atoms with Gasteiger partial charge in [0.2, 0.25) is 0 Å². The van der Waals surface area contributed by atoms with Crippen molar-refractivity contribution in [3.05, 3.63) is 47.7 Å². The quantitative estimate of drug-likeness (QED) is 0.415. The van der Waals surface area contributed by atoms with E-state index in [0.717, 1.165) is 17.6 Å². The Bertz CT molecular complexity index is 1110. The molecule has 7 heteroatoms. The summed E-state index contributed by atoms with van der Waals surface area (Å²) in [6.07, 6.45) is 1.30. The van der Waals surface area contributed by atoms with Gasteiger partial charge in [-0.25, -0.2) is 14.2 Å². The van der Waals surface area contributed by atoms with Crippen LogP contribution in [0.3, 0.4) is 0 Å². The van der Waals surface area contributed by atoms with Gasteiger partial charge in [-0.05, 0) is 63.8 Å². The van der Waals surface area contributed by atoms with Crippen LogP contribution in [-0.2, 0) is 25.4 Å². The van der Waals surface area contributed by atoms with Crippen LogP contribution >= 0.6 is 0 Å². The summed E-state index contributed by atoms with van der Waals surface area (Å²) >= 11 is 0. The first kappa shape index (κ1) is 21.2. The number of hydrogen-bond acceptors (Lipinski definition) is 6. The third-order valence-corrected chi connectivity index (χ3v) is 6.06. The van der Waals surface area contributed by atoms with E-state index >= 15 is 0 Å². The Labute approximate surface area is 180 Å². The standard InChI is InChI=1S/C24H27NO6/c1-14-8-17-13-30-21(27)24(17,11-14)12-15-6-7-18-16(9-15)10-19(20(26)29-5)25(18)22(28)31-23(2,3)4/h6-7,9-10,17H,1,8,11-13H2,2-5H3. The molecular weight excluding hydrogens is 398 g/mol. The highest BCUT2D eigenvalue weighted by Crippen LogP contribution is 2.52. The normalized spacial score (nSPS) is 23.0. The van der Waals surface area contributed by atoms with Gasteiger partial charge in [0.05, 0.1) is 24.6 Å². The summed E-state index contributed by atoms with van der Waals surface area (Å²) in [5.41, 5.74) is 1.34. The van der Waals surface area contributed by atoms with E-state index in [1.807, 2.05) is 12.1 Å². The highest BCUT2D eigenvalue weighted by Gasteiger charge is 2.55. The summed E-state index contributed by atoms with van der Waals surface area (Å²) in [5.74, 6) is -0.660. The average Bonchev–Trinajstić information content (AvgIpc) is 3.30. The van der Waals surface area contributed by atoms with E-state index in [-0.39, 0.29) is 17.6 Å². The van der Waals surface area contributed by atoms with Crippen LogP contribution in [0, 0.1) is 11.3 Å². The number of hydrogen-bond donors (Lipinski definition) is 0. The highest BCUT2D eigenvalue weighted by molar-refractivity contribution is 6.01. The number of allylic oxidation sites excluding steroid dienone is 1. The molecule has 2 aromatic rings. The number of cyclic esters (lactones) is 1. The summed E-state index contributed by atoms with van der Waals surface area (Å²) in [4.78, 5) is 37.8. The molecule has 2 aliphatic rings. The van der Waals surface area contributed by atoms with Crippen LogP contribution < -0.4 is 0 Å². The molecule has 4 rings (SSSR count). The molecule has 31 heavy (non-hydrogen) atoms. The first-order valence-corrected chi connectivity index (χ1v) is 10.3. The van der Waals surface area contributed by atoms with Gasteiger partial charge >= 0.3 is 18.0 Å². The van der Waals surface area contributed by atoms with Gasteiger partial charge < -0.3 is 14.2 Å². The van der Waals surface area contributed by atoms with Gasteiger partial charge in [0.15, 0.2) is 0 Å². The number of rotatable bonds is 3. The molecule has 2 fully saturated rings. The summed E-state index contributed by atoms with van der Waals surface area (Å²) in [5, 5.41) is 0.694. The number of carbonyl (C=O) groups excluding carboxylic acids is 3. The zero-order valence-electron chi connectivity index (χ0n) is 18.3. The fraction of sp³-hybridized carbons (Fsp3) is 0.458. The van der Waals surface area contributed by atoms with Crippen molar-refractivity contribution in [3.8, 4) is 0 Å². The van der Waals surface area contributed by atoms with Gasteiger partial charge in [-0.2, -0.15) is 0 Å². The Morgan fingerprint density at radius 3 is 2.71 bits per heavy atom. The van der Waals surface area contributed by atoms with Crippen LogP contribution in [0.4, 0.5) is 4.79 Å². The maximum atomic E-state index is 12.8. The van der Waals surface area contributed by atoms with E-state index in [2.05, 4.69) is 6.58 Å². The van der Waals surface area contributed by atoms with E-state index in [1.165, 1.54) is 11.7 Å². The molecule has 0 bridgehead atoms. The summed E-state index contributed by atoms with van der Waals surface area (Å²) in [6, 6.07) is 7.17. The maximum Gasteiger partial charge on any atom is 0.419 e. The maximum absolute atomic E-state index is 12.8. The minimum Gasteiger partial charge on any atom is -0.465 e. The SMILES string of the molecule is C=C1CC2COC(=O)C2(Cc2ccc3c(c2)cc(C(=O)OC)n3C(=O)OC(C)(C)C)C1.